The summed E-state index contributed by atoms with van der Waals surface area (Å²) in [5, 5.41) is 3.82. The standard InChI is InChI=1S/C14H22ClNO2/c1-11(2)10-17-6-7-18-14-5-4-13(15)8-12(14)9-16-3/h4-5,8,11,16H,6-7,9-10H2,1-3H3. The SMILES string of the molecule is CNCc1cc(Cl)ccc1OCCOCC(C)C. The second-order valence-corrected chi connectivity index (χ2v) is 5.04. The van der Waals surface area contributed by atoms with Gasteiger partial charge in [0.2, 0.25) is 0 Å². The lowest BCUT2D eigenvalue weighted by atomic mass is 10.2. The molecule has 1 N–H and O–H groups in total. The molecule has 0 spiro atoms. The molecular weight excluding hydrogens is 250 g/mol. The molecule has 0 unspecified atom stereocenters. The summed E-state index contributed by atoms with van der Waals surface area (Å²) >= 11 is 5.96. The van der Waals surface area contributed by atoms with Crippen LogP contribution in [0.15, 0.2) is 18.2 Å². The molecule has 3 nitrogen and oxygen atoms in total. The fraction of sp³-hybridized carbons (Fsp3) is 0.571. The van der Waals surface area contributed by atoms with E-state index < -0.39 is 0 Å². The average Bonchev–Trinajstić information content (AvgIpc) is 2.31. The largest absolute Gasteiger partial charge is 0.491 e. The first-order valence-electron chi connectivity index (χ1n) is 6.27. The fourth-order valence-corrected chi connectivity index (χ4v) is 1.74. The third-order valence-corrected chi connectivity index (χ3v) is 2.56. The van der Waals surface area contributed by atoms with Crippen molar-refractivity contribution in [3.05, 3.63) is 28.8 Å². The molecule has 0 saturated carbocycles. The van der Waals surface area contributed by atoms with Crippen LogP contribution in [-0.4, -0.2) is 26.9 Å². The Morgan fingerprint density at radius 1 is 1.28 bits per heavy atom. The maximum absolute atomic E-state index is 5.96. The van der Waals surface area contributed by atoms with E-state index in [1.165, 1.54) is 0 Å². The van der Waals surface area contributed by atoms with E-state index in [0.717, 1.165) is 29.5 Å². The van der Waals surface area contributed by atoms with Crippen molar-refractivity contribution in [2.24, 2.45) is 5.92 Å². The highest BCUT2D eigenvalue weighted by Gasteiger charge is 2.04. The van der Waals surface area contributed by atoms with Crippen molar-refractivity contribution >= 4 is 11.6 Å². The van der Waals surface area contributed by atoms with Gasteiger partial charge in [-0.05, 0) is 31.2 Å². The second-order valence-electron chi connectivity index (χ2n) is 4.60. The van der Waals surface area contributed by atoms with Gasteiger partial charge in [0, 0.05) is 23.7 Å². The van der Waals surface area contributed by atoms with E-state index in [9.17, 15) is 0 Å². The molecule has 0 radical (unpaired) electrons. The van der Waals surface area contributed by atoms with Crippen molar-refractivity contribution in [3.63, 3.8) is 0 Å². The fourth-order valence-electron chi connectivity index (χ4n) is 1.55. The van der Waals surface area contributed by atoms with Crippen LogP contribution in [0, 0.1) is 5.92 Å². The first-order chi connectivity index (χ1) is 8.63. The highest BCUT2D eigenvalue weighted by Crippen LogP contribution is 2.22. The zero-order valence-electron chi connectivity index (χ0n) is 11.3. The normalized spacial score (nSPS) is 10.9. The molecule has 1 aromatic carbocycles. The minimum atomic E-state index is 0.556. The van der Waals surface area contributed by atoms with Crippen molar-refractivity contribution in [2.45, 2.75) is 20.4 Å². The molecule has 0 bridgehead atoms. The Labute approximate surface area is 114 Å². The van der Waals surface area contributed by atoms with Crippen LogP contribution in [0.1, 0.15) is 19.4 Å². The summed E-state index contributed by atoms with van der Waals surface area (Å²) in [5.41, 5.74) is 1.06. The lowest BCUT2D eigenvalue weighted by Crippen LogP contribution is -2.12. The minimum Gasteiger partial charge on any atom is -0.491 e. The predicted molar refractivity (Wildman–Crippen MR) is 75.4 cm³/mol. The maximum atomic E-state index is 5.96. The topological polar surface area (TPSA) is 30.5 Å². The Bertz CT molecular complexity index is 356. The highest BCUT2D eigenvalue weighted by molar-refractivity contribution is 6.30. The van der Waals surface area contributed by atoms with E-state index in [4.69, 9.17) is 21.1 Å². The highest BCUT2D eigenvalue weighted by atomic mass is 35.5. The van der Waals surface area contributed by atoms with Gasteiger partial charge in [0.15, 0.2) is 0 Å². The molecule has 0 aromatic heterocycles. The van der Waals surface area contributed by atoms with E-state index in [2.05, 4.69) is 19.2 Å². The average molecular weight is 272 g/mol. The van der Waals surface area contributed by atoms with Crippen molar-refractivity contribution in [1.29, 1.82) is 0 Å². The summed E-state index contributed by atoms with van der Waals surface area (Å²) in [6, 6.07) is 5.66. The number of rotatable bonds is 8. The van der Waals surface area contributed by atoms with Crippen LogP contribution in [0.4, 0.5) is 0 Å². The summed E-state index contributed by atoms with van der Waals surface area (Å²) < 4.78 is 11.2. The van der Waals surface area contributed by atoms with Gasteiger partial charge in [-0.1, -0.05) is 25.4 Å². The zero-order chi connectivity index (χ0) is 13.4. The van der Waals surface area contributed by atoms with Gasteiger partial charge in [0.25, 0.3) is 0 Å². The molecule has 18 heavy (non-hydrogen) atoms. The number of ether oxygens (including phenoxy) is 2. The lowest BCUT2D eigenvalue weighted by molar-refractivity contribution is 0.0816. The molecule has 1 aromatic rings. The smallest absolute Gasteiger partial charge is 0.124 e. The van der Waals surface area contributed by atoms with Crippen LogP contribution in [0.25, 0.3) is 0 Å². The van der Waals surface area contributed by atoms with Gasteiger partial charge in [-0.15, -0.1) is 0 Å². The maximum Gasteiger partial charge on any atom is 0.124 e. The summed E-state index contributed by atoms with van der Waals surface area (Å²) in [7, 11) is 1.90. The summed E-state index contributed by atoms with van der Waals surface area (Å²) in [4.78, 5) is 0. The first kappa shape index (κ1) is 15.3. The van der Waals surface area contributed by atoms with E-state index in [1.54, 1.807) is 0 Å². The van der Waals surface area contributed by atoms with Crippen LogP contribution < -0.4 is 10.1 Å². The first-order valence-corrected chi connectivity index (χ1v) is 6.65. The van der Waals surface area contributed by atoms with E-state index in [-0.39, 0.29) is 0 Å². The Kier molecular flexibility index (Phi) is 7.09. The van der Waals surface area contributed by atoms with Gasteiger partial charge < -0.3 is 14.8 Å². The molecule has 0 amide bonds. The van der Waals surface area contributed by atoms with Gasteiger partial charge in [0.1, 0.15) is 12.4 Å². The number of halogens is 1. The molecule has 102 valence electrons. The van der Waals surface area contributed by atoms with E-state index in [0.29, 0.717) is 19.1 Å². The molecular formula is C14H22ClNO2. The van der Waals surface area contributed by atoms with Gasteiger partial charge in [-0.2, -0.15) is 0 Å². The monoisotopic (exact) mass is 271 g/mol. The molecule has 1 rings (SSSR count). The second kappa shape index (κ2) is 8.35. The van der Waals surface area contributed by atoms with Gasteiger partial charge in [-0.25, -0.2) is 0 Å². The van der Waals surface area contributed by atoms with Crippen molar-refractivity contribution in [3.8, 4) is 5.75 Å². The molecule has 0 heterocycles. The number of hydrogen-bond donors (Lipinski definition) is 1. The Hall–Kier alpha value is -0.770. The molecule has 0 aliphatic heterocycles. The molecule has 0 aliphatic rings. The molecule has 0 aliphatic carbocycles. The van der Waals surface area contributed by atoms with Crippen LogP contribution >= 0.6 is 11.6 Å². The van der Waals surface area contributed by atoms with Gasteiger partial charge >= 0.3 is 0 Å². The van der Waals surface area contributed by atoms with Gasteiger partial charge in [-0.3, -0.25) is 0 Å². The summed E-state index contributed by atoms with van der Waals surface area (Å²) in [6.45, 7) is 6.94. The third-order valence-electron chi connectivity index (χ3n) is 2.33. The van der Waals surface area contributed by atoms with E-state index in [1.807, 2.05) is 25.2 Å². The summed E-state index contributed by atoms with van der Waals surface area (Å²) in [5.74, 6) is 1.42. The van der Waals surface area contributed by atoms with Gasteiger partial charge in [0.05, 0.1) is 6.61 Å². The lowest BCUT2D eigenvalue weighted by Gasteiger charge is -2.12. The van der Waals surface area contributed by atoms with Crippen LogP contribution in [0.2, 0.25) is 5.02 Å². The Morgan fingerprint density at radius 3 is 2.72 bits per heavy atom. The number of nitrogens with one attached hydrogen (secondary N) is 1. The quantitative estimate of drug-likeness (QED) is 0.737. The van der Waals surface area contributed by atoms with Crippen molar-refractivity contribution in [1.82, 2.24) is 5.32 Å². The van der Waals surface area contributed by atoms with E-state index >= 15 is 0 Å². The molecule has 4 heteroatoms. The van der Waals surface area contributed by atoms with Crippen LogP contribution in [-0.2, 0) is 11.3 Å². The van der Waals surface area contributed by atoms with Crippen molar-refractivity contribution < 1.29 is 9.47 Å². The predicted octanol–water partition coefficient (Wildman–Crippen LogP) is 3.11. The summed E-state index contributed by atoms with van der Waals surface area (Å²) in [6.07, 6.45) is 0. The van der Waals surface area contributed by atoms with Crippen LogP contribution in [0.3, 0.4) is 0 Å². The number of hydrogen-bond acceptors (Lipinski definition) is 3. The number of benzene rings is 1. The molecule has 0 atom stereocenters. The molecule has 0 fully saturated rings. The third kappa shape index (κ3) is 5.71. The Balaban J connectivity index is 2.41. The zero-order valence-corrected chi connectivity index (χ0v) is 12.1. The minimum absolute atomic E-state index is 0.556. The molecule has 0 saturated heterocycles. The van der Waals surface area contributed by atoms with Crippen LogP contribution in [0.5, 0.6) is 5.75 Å². The Morgan fingerprint density at radius 2 is 2.06 bits per heavy atom. The van der Waals surface area contributed by atoms with Crippen molar-refractivity contribution in [2.75, 3.05) is 26.9 Å².